The molecule has 0 aliphatic rings. The molecular formula is C13H15BrN4O2. The van der Waals surface area contributed by atoms with Crippen molar-refractivity contribution < 1.29 is 4.79 Å². The van der Waals surface area contributed by atoms with Gasteiger partial charge in [0.15, 0.2) is 0 Å². The molecule has 7 heteroatoms. The lowest BCUT2D eigenvalue weighted by Crippen LogP contribution is -2.33. The highest BCUT2D eigenvalue weighted by molar-refractivity contribution is 9.10. The van der Waals surface area contributed by atoms with Crippen molar-refractivity contribution in [3.8, 4) is 0 Å². The molecule has 106 valence electrons. The first-order chi connectivity index (χ1) is 9.45. The largest absolute Gasteiger partial charge is 0.340 e. The maximum absolute atomic E-state index is 12.1. The van der Waals surface area contributed by atoms with Crippen LogP contribution < -0.4 is 5.56 Å². The van der Waals surface area contributed by atoms with Gasteiger partial charge in [0.2, 0.25) is 5.91 Å². The topological polar surface area (TPSA) is 60.1 Å². The minimum Gasteiger partial charge on any atom is -0.340 e. The number of carbonyl (C=O) groups excluding carboxylic acids is 1. The molecule has 1 amide bonds. The number of carbonyl (C=O) groups is 1. The smallest absolute Gasteiger partial charge is 0.251 e. The highest BCUT2D eigenvalue weighted by Gasteiger charge is 2.11. The fourth-order valence-corrected chi connectivity index (χ4v) is 2.19. The van der Waals surface area contributed by atoms with E-state index in [2.05, 4.69) is 21.0 Å². The molecule has 20 heavy (non-hydrogen) atoms. The van der Waals surface area contributed by atoms with Crippen LogP contribution in [0, 0.1) is 0 Å². The van der Waals surface area contributed by atoms with Gasteiger partial charge in [-0.15, -0.1) is 0 Å². The molecule has 0 bridgehead atoms. The van der Waals surface area contributed by atoms with Gasteiger partial charge in [0.25, 0.3) is 5.56 Å². The summed E-state index contributed by atoms with van der Waals surface area (Å²) in [5, 5.41) is 4.06. The highest BCUT2D eigenvalue weighted by Crippen LogP contribution is 2.06. The van der Waals surface area contributed by atoms with Gasteiger partial charge < -0.3 is 9.47 Å². The van der Waals surface area contributed by atoms with Crippen LogP contribution >= 0.6 is 15.9 Å². The van der Waals surface area contributed by atoms with Crippen LogP contribution in [0.2, 0.25) is 0 Å². The van der Waals surface area contributed by atoms with E-state index in [1.54, 1.807) is 35.1 Å². The third-order valence-electron chi connectivity index (χ3n) is 2.86. The number of aromatic nitrogens is 3. The molecule has 0 aliphatic heterocycles. The van der Waals surface area contributed by atoms with E-state index >= 15 is 0 Å². The molecule has 0 N–H and O–H groups in total. The first-order valence-electron chi connectivity index (χ1n) is 6.03. The molecule has 0 atom stereocenters. The maximum atomic E-state index is 12.1. The maximum Gasteiger partial charge on any atom is 0.251 e. The average molecular weight is 339 g/mol. The number of amides is 1. The summed E-state index contributed by atoms with van der Waals surface area (Å²) < 4.78 is 3.83. The van der Waals surface area contributed by atoms with E-state index in [0.717, 1.165) is 10.0 Å². The molecule has 2 heterocycles. The van der Waals surface area contributed by atoms with E-state index in [4.69, 9.17) is 0 Å². The van der Waals surface area contributed by atoms with Crippen molar-refractivity contribution in [3.63, 3.8) is 0 Å². The summed E-state index contributed by atoms with van der Waals surface area (Å²) in [5.41, 5.74) is 0.751. The first-order valence-corrected chi connectivity index (χ1v) is 6.82. The van der Waals surface area contributed by atoms with Gasteiger partial charge in [-0.2, -0.15) is 5.10 Å². The van der Waals surface area contributed by atoms with E-state index in [1.807, 2.05) is 13.2 Å². The van der Waals surface area contributed by atoms with Crippen LogP contribution in [0.3, 0.4) is 0 Å². The summed E-state index contributed by atoms with van der Waals surface area (Å²) in [4.78, 5) is 25.3. The number of aryl methyl sites for hydroxylation is 1. The Morgan fingerprint density at radius 3 is 2.80 bits per heavy atom. The fraction of sp³-hybridized carbons (Fsp3) is 0.308. The Morgan fingerprint density at radius 2 is 2.15 bits per heavy atom. The van der Waals surface area contributed by atoms with Crippen molar-refractivity contribution in [3.05, 3.63) is 51.1 Å². The zero-order valence-corrected chi connectivity index (χ0v) is 12.9. The SMILES string of the molecule is CN(Cc1cnn(C)c1)C(=O)Cn1cc(Br)ccc1=O. The average Bonchev–Trinajstić information content (AvgIpc) is 2.79. The van der Waals surface area contributed by atoms with Gasteiger partial charge in [0.1, 0.15) is 6.54 Å². The molecule has 2 aromatic heterocycles. The summed E-state index contributed by atoms with van der Waals surface area (Å²) >= 11 is 3.28. The number of rotatable bonds is 4. The number of hydrogen-bond acceptors (Lipinski definition) is 3. The molecular weight excluding hydrogens is 324 g/mol. The van der Waals surface area contributed by atoms with Crippen LogP contribution in [0.15, 0.2) is 40.0 Å². The summed E-state index contributed by atoms with van der Waals surface area (Å²) in [6, 6.07) is 3.08. The molecule has 6 nitrogen and oxygen atoms in total. The Labute approximate surface area is 124 Å². The van der Waals surface area contributed by atoms with E-state index in [1.165, 1.54) is 10.6 Å². The zero-order chi connectivity index (χ0) is 14.7. The third-order valence-corrected chi connectivity index (χ3v) is 3.33. The molecule has 0 aromatic carbocycles. The van der Waals surface area contributed by atoms with Crippen LogP contribution in [0.1, 0.15) is 5.56 Å². The van der Waals surface area contributed by atoms with Gasteiger partial charge in [0, 0.05) is 49.1 Å². The molecule has 0 radical (unpaired) electrons. The van der Waals surface area contributed by atoms with Crippen LogP contribution in [-0.2, 0) is 24.9 Å². The van der Waals surface area contributed by atoms with Crippen LogP contribution in [0.25, 0.3) is 0 Å². The van der Waals surface area contributed by atoms with Crippen molar-refractivity contribution in [2.75, 3.05) is 7.05 Å². The summed E-state index contributed by atoms with van der Waals surface area (Å²) in [7, 11) is 3.53. The minimum atomic E-state index is -0.198. The Kier molecular flexibility index (Phi) is 4.39. The lowest BCUT2D eigenvalue weighted by molar-refractivity contribution is -0.131. The molecule has 2 rings (SSSR count). The standard InChI is InChI=1S/C13H15BrN4O2/c1-16(6-10-5-15-17(2)7-10)13(20)9-18-8-11(14)3-4-12(18)19/h3-5,7-8H,6,9H2,1-2H3. The quantitative estimate of drug-likeness (QED) is 0.835. The van der Waals surface area contributed by atoms with E-state index in [9.17, 15) is 9.59 Å². The van der Waals surface area contributed by atoms with Gasteiger partial charge >= 0.3 is 0 Å². The second-order valence-corrected chi connectivity index (χ2v) is 5.50. The lowest BCUT2D eigenvalue weighted by atomic mass is 10.3. The van der Waals surface area contributed by atoms with E-state index < -0.39 is 0 Å². The summed E-state index contributed by atoms with van der Waals surface area (Å²) in [6.07, 6.45) is 5.18. The predicted molar refractivity (Wildman–Crippen MR) is 78.1 cm³/mol. The monoisotopic (exact) mass is 338 g/mol. The molecule has 0 saturated heterocycles. The predicted octanol–water partition coefficient (Wildman–Crippen LogP) is 1.00. The fourth-order valence-electron chi connectivity index (χ4n) is 1.81. The van der Waals surface area contributed by atoms with Crippen molar-refractivity contribution >= 4 is 21.8 Å². The Hall–Kier alpha value is -1.89. The normalized spacial score (nSPS) is 10.6. The highest BCUT2D eigenvalue weighted by atomic mass is 79.9. The molecule has 0 fully saturated rings. The van der Waals surface area contributed by atoms with Crippen LogP contribution in [-0.4, -0.2) is 32.2 Å². The Morgan fingerprint density at radius 1 is 1.40 bits per heavy atom. The number of nitrogens with zero attached hydrogens (tertiary/aromatic N) is 4. The summed E-state index contributed by atoms with van der Waals surface area (Å²) in [6.45, 7) is 0.491. The summed E-state index contributed by atoms with van der Waals surface area (Å²) in [5.74, 6) is -0.131. The van der Waals surface area contributed by atoms with E-state index in [0.29, 0.717) is 6.54 Å². The van der Waals surface area contributed by atoms with Crippen LogP contribution in [0.4, 0.5) is 0 Å². The molecule has 0 unspecified atom stereocenters. The zero-order valence-electron chi connectivity index (χ0n) is 11.3. The van der Waals surface area contributed by atoms with Crippen molar-refractivity contribution in [2.24, 2.45) is 7.05 Å². The molecule has 0 aliphatic carbocycles. The van der Waals surface area contributed by atoms with Gasteiger partial charge in [0.05, 0.1) is 6.20 Å². The van der Waals surface area contributed by atoms with Gasteiger partial charge in [-0.3, -0.25) is 14.3 Å². The lowest BCUT2D eigenvalue weighted by Gasteiger charge is -2.17. The van der Waals surface area contributed by atoms with Crippen molar-refractivity contribution in [1.82, 2.24) is 19.2 Å². The number of hydrogen-bond donors (Lipinski definition) is 0. The number of halogens is 1. The van der Waals surface area contributed by atoms with Gasteiger partial charge in [-0.25, -0.2) is 0 Å². The molecule has 2 aromatic rings. The number of likely N-dealkylation sites (N-methyl/N-ethyl adjacent to an activating group) is 1. The van der Waals surface area contributed by atoms with Crippen molar-refractivity contribution in [1.29, 1.82) is 0 Å². The molecule has 0 saturated carbocycles. The second kappa shape index (κ2) is 6.04. The third kappa shape index (κ3) is 3.57. The van der Waals surface area contributed by atoms with Crippen LogP contribution in [0.5, 0.6) is 0 Å². The minimum absolute atomic E-state index is 0.0229. The van der Waals surface area contributed by atoms with Crippen molar-refractivity contribution in [2.45, 2.75) is 13.1 Å². The molecule has 0 spiro atoms. The first kappa shape index (κ1) is 14.5. The number of pyridine rings is 1. The Bertz CT molecular complexity index is 677. The Balaban J connectivity index is 2.04. The van der Waals surface area contributed by atoms with E-state index in [-0.39, 0.29) is 18.0 Å². The van der Waals surface area contributed by atoms with Gasteiger partial charge in [-0.05, 0) is 22.0 Å². The van der Waals surface area contributed by atoms with Gasteiger partial charge in [-0.1, -0.05) is 0 Å². The second-order valence-electron chi connectivity index (χ2n) is 4.59.